The molecule has 3 nitrogen and oxygen atoms in total. The molecule has 0 aliphatic carbocycles. The average Bonchev–Trinajstić information content (AvgIpc) is 2.47. The summed E-state index contributed by atoms with van der Waals surface area (Å²) in [6, 6.07) is 11.6. The van der Waals surface area contributed by atoms with Gasteiger partial charge >= 0.3 is 0 Å². The van der Waals surface area contributed by atoms with Gasteiger partial charge in [-0.05, 0) is 25.3 Å². The highest BCUT2D eigenvalue weighted by atomic mass is 16.5. The van der Waals surface area contributed by atoms with Crippen LogP contribution < -0.4 is 10.6 Å². The van der Waals surface area contributed by atoms with Gasteiger partial charge in [0.1, 0.15) is 0 Å². The van der Waals surface area contributed by atoms with E-state index in [0.29, 0.717) is 12.1 Å². The molecule has 0 radical (unpaired) electrons. The summed E-state index contributed by atoms with van der Waals surface area (Å²) >= 11 is 0. The Morgan fingerprint density at radius 2 is 1.75 bits per heavy atom. The fraction of sp³-hybridized carbons (Fsp3) is 0.647. The lowest BCUT2D eigenvalue weighted by molar-refractivity contribution is 0.0331. The Labute approximate surface area is 123 Å². The second-order valence-electron chi connectivity index (χ2n) is 6.21. The molecule has 1 aliphatic heterocycles. The molecule has 0 spiro atoms. The molecule has 0 amide bonds. The normalized spacial score (nSPS) is 20.0. The molecule has 2 rings (SSSR count). The molecule has 0 bridgehead atoms. The van der Waals surface area contributed by atoms with Crippen molar-refractivity contribution in [1.82, 2.24) is 10.6 Å². The summed E-state index contributed by atoms with van der Waals surface area (Å²) in [7, 11) is 0. The van der Waals surface area contributed by atoms with Gasteiger partial charge in [-0.15, -0.1) is 0 Å². The van der Waals surface area contributed by atoms with Crippen molar-refractivity contribution in [3.05, 3.63) is 35.9 Å². The molecule has 2 N–H and O–H groups in total. The van der Waals surface area contributed by atoms with Crippen LogP contribution in [-0.2, 0) is 4.74 Å². The van der Waals surface area contributed by atoms with Crippen molar-refractivity contribution in [2.45, 2.75) is 51.2 Å². The largest absolute Gasteiger partial charge is 0.381 e. The molecule has 0 aromatic heterocycles. The van der Waals surface area contributed by atoms with Crippen LogP contribution in [-0.4, -0.2) is 31.3 Å². The zero-order valence-electron chi connectivity index (χ0n) is 13.0. The maximum Gasteiger partial charge on any atom is 0.0484 e. The second kappa shape index (κ2) is 7.21. The van der Waals surface area contributed by atoms with Crippen LogP contribution >= 0.6 is 0 Å². The van der Waals surface area contributed by atoms with E-state index in [0.717, 1.165) is 32.6 Å². The summed E-state index contributed by atoms with van der Waals surface area (Å²) in [4.78, 5) is 0. The van der Waals surface area contributed by atoms with Crippen molar-refractivity contribution in [3.8, 4) is 0 Å². The number of ether oxygens (including phenoxy) is 1. The van der Waals surface area contributed by atoms with Crippen LogP contribution in [0, 0.1) is 0 Å². The summed E-state index contributed by atoms with van der Waals surface area (Å²) in [5.74, 6) is 0. The van der Waals surface area contributed by atoms with E-state index in [4.69, 9.17) is 4.74 Å². The van der Waals surface area contributed by atoms with Gasteiger partial charge in [0.25, 0.3) is 0 Å². The summed E-state index contributed by atoms with van der Waals surface area (Å²) in [6.07, 6.45) is 2.15. The first-order valence-corrected chi connectivity index (χ1v) is 7.75. The average molecular weight is 276 g/mol. The predicted octanol–water partition coefficient (Wildman–Crippen LogP) is 2.88. The Kier molecular flexibility index (Phi) is 5.58. The van der Waals surface area contributed by atoms with Crippen LogP contribution in [0.4, 0.5) is 0 Å². The summed E-state index contributed by atoms with van der Waals surface area (Å²) in [5.41, 5.74) is 1.50. The van der Waals surface area contributed by atoms with Crippen molar-refractivity contribution in [2.24, 2.45) is 0 Å². The first-order valence-electron chi connectivity index (χ1n) is 7.75. The Morgan fingerprint density at radius 1 is 1.10 bits per heavy atom. The molecule has 20 heavy (non-hydrogen) atoms. The van der Waals surface area contributed by atoms with Gasteiger partial charge in [-0.2, -0.15) is 0 Å². The first kappa shape index (κ1) is 15.5. The van der Waals surface area contributed by atoms with E-state index in [1.54, 1.807) is 0 Å². The molecule has 0 saturated carbocycles. The predicted molar refractivity (Wildman–Crippen MR) is 83.9 cm³/mol. The third kappa shape index (κ3) is 4.30. The summed E-state index contributed by atoms with van der Waals surface area (Å²) < 4.78 is 5.55. The molecule has 1 atom stereocenters. The molecule has 3 heteroatoms. The maximum atomic E-state index is 5.55. The lowest BCUT2D eigenvalue weighted by Gasteiger charge is -2.41. The minimum absolute atomic E-state index is 0.151. The van der Waals surface area contributed by atoms with Gasteiger partial charge in [-0.3, -0.25) is 0 Å². The Morgan fingerprint density at radius 3 is 2.35 bits per heavy atom. The van der Waals surface area contributed by atoms with Crippen molar-refractivity contribution in [1.29, 1.82) is 0 Å². The number of nitrogens with one attached hydrogen (secondary N) is 2. The molecule has 1 aliphatic rings. The summed E-state index contributed by atoms with van der Waals surface area (Å²) in [6.45, 7) is 9.37. The van der Waals surface area contributed by atoms with Gasteiger partial charge in [0.15, 0.2) is 0 Å². The molecule has 1 heterocycles. The zero-order valence-corrected chi connectivity index (χ0v) is 13.0. The van der Waals surface area contributed by atoms with Crippen LogP contribution in [0.2, 0.25) is 0 Å². The fourth-order valence-corrected chi connectivity index (χ4v) is 2.82. The standard InChI is InChI=1S/C17H28N2O/c1-14(2)18-13-17(9-11-20-12-10-17)19-15(3)16-7-5-4-6-8-16/h4-8,14-15,18-19H,9-13H2,1-3H3. The van der Waals surface area contributed by atoms with E-state index >= 15 is 0 Å². The van der Waals surface area contributed by atoms with Crippen molar-refractivity contribution in [2.75, 3.05) is 19.8 Å². The molecular weight excluding hydrogens is 248 g/mol. The molecule has 112 valence electrons. The highest BCUT2D eigenvalue weighted by Crippen LogP contribution is 2.25. The van der Waals surface area contributed by atoms with Crippen molar-refractivity contribution >= 4 is 0 Å². The topological polar surface area (TPSA) is 33.3 Å². The fourth-order valence-electron chi connectivity index (χ4n) is 2.82. The molecule has 1 unspecified atom stereocenters. The molecule has 1 aromatic rings. The third-order valence-electron chi connectivity index (χ3n) is 4.12. The van der Waals surface area contributed by atoms with Crippen LogP contribution in [0.5, 0.6) is 0 Å². The van der Waals surface area contributed by atoms with E-state index in [9.17, 15) is 0 Å². The highest BCUT2D eigenvalue weighted by Gasteiger charge is 2.33. The van der Waals surface area contributed by atoms with Gasteiger partial charge in [0, 0.05) is 37.4 Å². The smallest absolute Gasteiger partial charge is 0.0484 e. The third-order valence-corrected chi connectivity index (χ3v) is 4.12. The summed E-state index contributed by atoms with van der Waals surface area (Å²) in [5, 5.41) is 7.46. The molecule has 1 fully saturated rings. The lowest BCUT2D eigenvalue weighted by atomic mass is 9.88. The van der Waals surface area contributed by atoms with Gasteiger partial charge in [0.05, 0.1) is 0 Å². The van der Waals surface area contributed by atoms with Gasteiger partial charge in [0.2, 0.25) is 0 Å². The van der Waals surface area contributed by atoms with E-state index in [2.05, 4.69) is 61.7 Å². The number of hydrogen-bond acceptors (Lipinski definition) is 3. The number of hydrogen-bond donors (Lipinski definition) is 2. The Balaban J connectivity index is 2.03. The minimum Gasteiger partial charge on any atom is -0.381 e. The van der Waals surface area contributed by atoms with E-state index < -0.39 is 0 Å². The quantitative estimate of drug-likeness (QED) is 0.838. The monoisotopic (exact) mass is 276 g/mol. The Hall–Kier alpha value is -0.900. The lowest BCUT2D eigenvalue weighted by Crippen LogP contribution is -2.57. The first-order chi connectivity index (χ1) is 9.61. The minimum atomic E-state index is 0.151. The van der Waals surface area contributed by atoms with Crippen LogP contribution in [0.25, 0.3) is 0 Å². The van der Waals surface area contributed by atoms with Crippen LogP contribution in [0.3, 0.4) is 0 Å². The van der Waals surface area contributed by atoms with Crippen molar-refractivity contribution < 1.29 is 4.74 Å². The zero-order chi connectivity index (χ0) is 14.4. The molecule has 1 aromatic carbocycles. The van der Waals surface area contributed by atoms with E-state index in [-0.39, 0.29) is 5.54 Å². The Bertz CT molecular complexity index is 385. The van der Waals surface area contributed by atoms with Crippen LogP contribution in [0.15, 0.2) is 30.3 Å². The van der Waals surface area contributed by atoms with Gasteiger partial charge in [-0.1, -0.05) is 44.2 Å². The number of benzene rings is 1. The second-order valence-corrected chi connectivity index (χ2v) is 6.21. The molecule has 1 saturated heterocycles. The van der Waals surface area contributed by atoms with E-state index in [1.165, 1.54) is 5.56 Å². The maximum absolute atomic E-state index is 5.55. The van der Waals surface area contributed by atoms with E-state index in [1.807, 2.05) is 0 Å². The SMILES string of the molecule is CC(C)NCC1(NC(C)c2ccccc2)CCOCC1. The van der Waals surface area contributed by atoms with Gasteiger partial charge < -0.3 is 15.4 Å². The van der Waals surface area contributed by atoms with Crippen LogP contribution in [0.1, 0.15) is 45.2 Å². The van der Waals surface area contributed by atoms with Gasteiger partial charge in [-0.25, -0.2) is 0 Å². The molecular formula is C17H28N2O. The highest BCUT2D eigenvalue weighted by molar-refractivity contribution is 5.19. The number of rotatable bonds is 6. The van der Waals surface area contributed by atoms with Crippen molar-refractivity contribution in [3.63, 3.8) is 0 Å².